The summed E-state index contributed by atoms with van der Waals surface area (Å²) in [5.74, 6) is -0.115. The second-order valence-electron chi connectivity index (χ2n) is 6.42. The fourth-order valence-electron chi connectivity index (χ4n) is 3.17. The summed E-state index contributed by atoms with van der Waals surface area (Å²) >= 11 is 5.90. The molecule has 138 valence electrons. The van der Waals surface area contributed by atoms with Gasteiger partial charge in [-0.1, -0.05) is 17.7 Å². The molecule has 2 heterocycles. The first-order valence-corrected chi connectivity index (χ1v) is 10.1. The van der Waals surface area contributed by atoms with Crippen LogP contribution in [0.5, 0.6) is 0 Å². The monoisotopic (exact) mass is 387 g/mol. The largest absolute Gasteiger partial charge is 0.381 e. The number of halogens is 1. The molecule has 2 N–H and O–H groups in total. The normalized spacial score (nSPS) is 21.9. The first-order valence-electron chi connectivity index (χ1n) is 8.25. The average molecular weight is 388 g/mol. The van der Waals surface area contributed by atoms with Gasteiger partial charge in [0.05, 0.1) is 10.4 Å². The van der Waals surface area contributed by atoms with Gasteiger partial charge in [0, 0.05) is 44.4 Å². The Hall–Kier alpha value is -1.19. The number of nitrogens with zero attached hydrogens (tertiary/aromatic N) is 2. The number of carbonyl (C=O) groups is 1. The molecule has 0 atom stereocenters. The number of ether oxygens (including phenoxy) is 1. The lowest BCUT2D eigenvalue weighted by Gasteiger charge is -2.40. The van der Waals surface area contributed by atoms with Crippen molar-refractivity contribution in [2.24, 2.45) is 5.73 Å². The van der Waals surface area contributed by atoms with E-state index in [1.165, 1.54) is 16.4 Å². The Labute approximate surface area is 152 Å². The molecule has 0 unspecified atom stereocenters. The highest BCUT2D eigenvalue weighted by molar-refractivity contribution is 7.89. The quantitative estimate of drug-likeness (QED) is 0.823. The highest BCUT2D eigenvalue weighted by atomic mass is 35.5. The first-order chi connectivity index (χ1) is 11.8. The second-order valence-corrected chi connectivity index (χ2v) is 8.80. The molecule has 9 heteroatoms. The maximum atomic E-state index is 12.7. The smallest absolute Gasteiger partial charge is 0.243 e. The topological polar surface area (TPSA) is 92.9 Å². The van der Waals surface area contributed by atoms with Gasteiger partial charge in [-0.25, -0.2) is 8.42 Å². The van der Waals surface area contributed by atoms with Gasteiger partial charge in [0.25, 0.3) is 0 Å². The molecule has 2 aliphatic heterocycles. The van der Waals surface area contributed by atoms with Crippen molar-refractivity contribution >= 4 is 27.5 Å². The number of sulfonamides is 1. The maximum absolute atomic E-state index is 12.7. The summed E-state index contributed by atoms with van der Waals surface area (Å²) in [6.07, 6.45) is 0.986. The van der Waals surface area contributed by atoms with E-state index in [-0.39, 0.29) is 23.9 Å². The Bertz CT molecular complexity index is 742. The van der Waals surface area contributed by atoms with Crippen molar-refractivity contribution in [3.8, 4) is 0 Å². The third kappa shape index (κ3) is 3.83. The number of nitrogens with two attached hydrogens (primary N) is 1. The highest BCUT2D eigenvalue weighted by Gasteiger charge is 2.40. The van der Waals surface area contributed by atoms with Gasteiger partial charge >= 0.3 is 0 Å². The molecule has 1 amide bonds. The lowest BCUT2D eigenvalue weighted by atomic mass is 9.89. The van der Waals surface area contributed by atoms with Crippen molar-refractivity contribution in [1.29, 1.82) is 0 Å². The van der Waals surface area contributed by atoms with Crippen LogP contribution in [-0.4, -0.2) is 68.5 Å². The molecule has 7 nitrogen and oxygen atoms in total. The molecule has 2 aliphatic rings. The zero-order valence-corrected chi connectivity index (χ0v) is 15.4. The molecule has 0 spiro atoms. The maximum Gasteiger partial charge on any atom is 0.243 e. The standard InChI is InChI=1S/C16H22ClN3O4S/c17-13-2-1-3-14(12-13)25(22,23)20-8-6-19(7-9-20)15(21)16(18)4-10-24-11-5-16/h1-3,12H,4-11,18H2. The number of rotatable bonds is 3. The first kappa shape index (κ1) is 18.6. The van der Waals surface area contributed by atoms with Crippen LogP contribution in [0.15, 0.2) is 29.2 Å². The van der Waals surface area contributed by atoms with Gasteiger partial charge in [-0.3, -0.25) is 4.79 Å². The number of benzene rings is 1. The van der Waals surface area contributed by atoms with Crippen molar-refractivity contribution < 1.29 is 17.9 Å². The van der Waals surface area contributed by atoms with Crippen molar-refractivity contribution in [2.75, 3.05) is 39.4 Å². The number of hydrogen-bond donors (Lipinski definition) is 1. The zero-order chi connectivity index (χ0) is 18.1. The molecule has 1 aromatic carbocycles. The molecule has 2 fully saturated rings. The molecule has 0 aliphatic carbocycles. The van der Waals surface area contributed by atoms with Gasteiger partial charge in [-0.15, -0.1) is 0 Å². The lowest BCUT2D eigenvalue weighted by Crippen LogP contribution is -2.61. The average Bonchev–Trinajstić information content (AvgIpc) is 2.62. The minimum Gasteiger partial charge on any atom is -0.381 e. The van der Waals surface area contributed by atoms with Crippen molar-refractivity contribution in [3.05, 3.63) is 29.3 Å². The van der Waals surface area contributed by atoms with Crippen LogP contribution < -0.4 is 5.73 Å². The lowest BCUT2D eigenvalue weighted by molar-refractivity contribution is -0.141. The van der Waals surface area contributed by atoms with E-state index in [0.29, 0.717) is 44.2 Å². The fourth-order valence-corrected chi connectivity index (χ4v) is 4.90. The van der Waals surface area contributed by atoms with Crippen LogP contribution in [0.1, 0.15) is 12.8 Å². The van der Waals surface area contributed by atoms with Crippen LogP contribution in [0.25, 0.3) is 0 Å². The summed E-state index contributed by atoms with van der Waals surface area (Å²) in [5.41, 5.74) is 5.35. The molecule has 1 aromatic rings. The van der Waals surface area contributed by atoms with E-state index in [2.05, 4.69) is 0 Å². The summed E-state index contributed by atoms with van der Waals surface area (Å²) in [5, 5.41) is 0.375. The van der Waals surface area contributed by atoms with Crippen molar-refractivity contribution in [1.82, 2.24) is 9.21 Å². The van der Waals surface area contributed by atoms with E-state index in [1.54, 1.807) is 17.0 Å². The molecule has 25 heavy (non-hydrogen) atoms. The van der Waals surface area contributed by atoms with Crippen LogP contribution in [0.3, 0.4) is 0 Å². The molecule has 0 radical (unpaired) electrons. The van der Waals surface area contributed by atoms with Gasteiger partial charge in [-0.05, 0) is 31.0 Å². The molecule has 0 bridgehead atoms. The zero-order valence-electron chi connectivity index (χ0n) is 13.9. The van der Waals surface area contributed by atoms with E-state index in [0.717, 1.165) is 0 Å². The van der Waals surface area contributed by atoms with Crippen LogP contribution in [0.4, 0.5) is 0 Å². The van der Waals surface area contributed by atoms with Gasteiger partial charge in [0.15, 0.2) is 0 Å². The molecule has 2 saturated heterocycles. The predicted molar refractivity (Wildman–Crippen MR) is 93.8 cm³/mol. The van der Waals surface area contributed by atoms with Gasteiger partial charge in [0.1, 0.15) is 0 Å². The number of hydrogen-bond acceptors (Lipinski definition) is 5. The molecular weight excluding hydrogens is 366 g/mol. The molecule has 0 aromatic heterocycles. The Morgan fingerprint density at radius 1 is 1.16 bits per heavy atom. The van der Waals surface area contributed by atoms with E-state index < -0.39 is 15.6 Å². The fraction of sp³-hybridized carbons (Fsp3) is 0.562. The number of piperazine rings is 1. The Morgan fingerprint density at radius 2 is 1.80 bits per heavy atom. The number of carbonyl (C=O) groups excluding carboxylic acids is 1. The third-order valence-corrected chi connectivity index (χ3v) is 6.90. The summed E-state index contributed by atoms with van der Waals surface area (Å²) in [4.78, 5) is 14.5. The minimum atomic E-state index is -3.61. The van der Waals surface area contributed by atoms with Gasteiger partial charge in [0.2, 0.25) is 15.9 Å². The molecule has 0 saturated carbocycles. The Kier molecular flexibility index (Phi) is 5.36. The Balaban J connectivity index is 1.66. The van der Waals surface area contributed by atoms with Crippen LogP contribution >= 0.6 is 11.6 Å². The van der Waals surface area contributed by atoms with Gasteiger partial charge < -0.3 is 15.4 Å². The number of amides is 1. The summed E-state index contributed by atoms with van der Waals surface area (Å²) < 4.78 is 32.1. The van der Waals surface area contributed by atoms with E-state index in [4.69, 9.17) is 22.1 Å². The van der Waals surface area contributed by atoms with Crippen molar-refractivity contribution in [3.63, 3.8) is 0 Å². The van der Waals surface area contributed by atoms with E-state index >= 15 is 0 Å². The minimum absolute atomic E-state index is 0.115. The van der Waals surface area contributed by atoms with E-state index in [1.807, 2.05) is 0 Å². The van der Waals surface area contributed by atoms with Crippen LogP contribution in [-0.2, 0) is 19.6 Å². The second kappa shape index (κ2) is 7.20. The highest BCUT2D eigenvalue weighted by Crippen LogP contribution is 2.24. The molecular formula is C16H22ClN3O4S. The molecule has 3 rings (SSSR count). The van der Waals surface area contributed by atoms with Crippen LogP contribution in [0, 0.1) is 0 Å². The summed E-state index contributed by atoms with van der Waals surface area (Å²) in [7, 11) is -3.61. The van der Waals surface area contributed by atoms with Crippen LogP contribution in [0.2, 0.25) is 5.02 Å². The summed E-state index contributed by atoms with van der Waals surface area (Å²) in [6.45, 7) is 2.11. The third-order valence-electron chi connectivity index (χ3n) is 4.77. The van der Waals surface area contributed by atoms with E-state index in [9.17, 15) is 13.2 Å². The predicted octanol–water partition coefficient (Wildman–Crippen LogP) is 0.681. The Morgan fingerprint density at radius 3 is 2.40 bits per heavy atom. The van der Waals surface area contributed by atoms with Gasteiger partial charge in [-0.2, -0.15) is 4.31 Å². The van der Waals surface area contributed by atoms with Crippen molar-refractivity contribution in [2.45, 2.75) is 23.3 Å². The summed E-state index contributed by atoms with van der Waals surface area (Å²) in [6, 6.07) is 6.20. The SMILES string of the molecule is NC1(C(=O)N2CCN(S(=O)(=O)c3cccc(Cl)c3)CC2)CCOCC1.